The second-order valence-electron chi connectivity index (χ2n) is 4.86. The Balaban J connectivity index is 2.65. The van der Waals surface area contributed by atoms with Crippen molar-refractivity contribution in [3.05, 3.63) is 28.8 Å². The van der Waals surface area contributed by atoms with Crippen LogP contribution in [0.3, 0.4) is 0 Å². The van der Waals surface area contributed by atoms with E-state index in [0.29, 0.717) is 0 Å². The smallest absolute Gasteiger partial charge is 0.235 e. The lowest BCUT2D eigenvalue weighted by atomic mass is 9.84. The monoisotopic (exact) mass is 231 g/mol. The van der Waals surface area contributed by atoms with Crippen molar-refractivity contribution >= 4 is 6.08 Å². The van der Waals surface area contributed by atoms with Crippen LogP contribution in [0.2, 0.25) is 0 Å². The third-order valence-electron chi connectivity index (χ3n) is 3.74. The summed E-state index contributed by atoms with van der Waals surface area (Å²) < 4.78 is 0. The molecule has 0 amide bonds. The van der Waals surface area contributed by atoms with Gasteiger partial charge in [-0.3, -0.25) is 0 Å². The first-order chi connectivity index (χ1) is 8.10. The van der Waals surface area contributed by atoms with Gasteiger partial charge in [-0.2, -0.15) is 4.99 Å². The van der Waals surface area contributed by atoms with Crippen molar-refractivity contribution in [2.75, 3.05) is 0 Å². The number of phenols is 1. The zero-order valence-electron chi connectivity index (χ0n) is 10.3. The average molecular weight is 231 g/mol. The molecule has 90 valence electrons. The van der Waals surface area contributed by atoms with Gasteiger partial charge in [0.05, 0.1) is 0 Å². The van der Waals surface area contributed by atoms with E-state index in [2.05, 4.69) is 4.99 Å². The predicted molar refractivity (Wildman–Crippen MR) is 65.8 cm³/mol. The van der Waals surface area contributed by atoms with Crippen molar-refractivity contribution in [2.24, 2.45) is 4.99 Å². The van der Waals surface area contributed by atoms with Crippen LogP contribution >= 0.6 is 0 Å². The van der Waals surface area contributed by atoms with E-state index >= 15 is 0 Å². The third kappa shape index (κ3) is 1.87. The molecule has 0 atom stereocenters. The van der Waals surface area contributed by atoms with Gasteiger partial charge in [0.15, 0.2) is 0 Å². The molecule has 0 bridgehead atoms. The highest BCUT2D eigenvalue weighted by Gasteiger charge is 2.39. The molecule has 0 aromatic heterocycles. The summed E-state index contributed by atoms with van der Waals surface area (Å²) in [5, 5.41) is 10.2. The summed E-state index contributed by atoms with van der Waals surface area (Å²) in [5.41, 5.74) is 2.10. The van der Waals surface area contributed by atoms with E-state index in [1.54, 1.807) is 6.08 Å². The molecule has 1 saturated carbocycles. The normalized spacial score (nSPS) is 17.8. The molecule has 0 saturated heterocycles. The molecule has 3 heteroatoms. The lowest BCUT2D eigenvalue weighted by Crippen LogP contribution is -2.20. The van der Waals surface area contributed by atoms with Gasteiger partial charge in [-0.25, -0.2) is 4.79 Å². The van der Waals surface area contributed by atoms with Crippen molar-refractivity contribution < 1.29 is 9.90 Å². The van der Waals surface area contributed by atoms with E-state index in [9.17, 15) is 9.90 Å². The maximum atomic E-state index is 10.7. The van der Waals surface area contributed by atoms with Gasteiger partial charge >= 0.3 is 0 Å². The van der Waals surface area contributed by atoms with E-state index in [1.807, 2.05) is 26.0 Å². The fraction of sp³-hybridized carbons (Fsp3) is 0.500. The summed E-state index contributed by atoms with van der Waals surface area (Å²) >= 11 is 0. The van der Waals surface area contributed by atoms with Crippen LogP contribution in [0.15, 0.2) is 17.1 Å². The topological polar surface area (TPSA) is 49.7 Å². The number of hydrogen-bond donors (Lipinski definition) is 1. The van der Waals surface area contributed by atoms with Gasteiger partial charge in [0.1, 0.15) is 11.3 Å². The summed E-state index contributed by atoms with van der Waals surface area (Å²) in [7, 11) is 0. The number of aromatic hydroxyl groups is 1. The maximum absolute atomic E-state index is 10.7. The van der Waals surface area contributed by atoms with Gasteiger partial charge in [0.2, 0.25) is 6.08 Å². The van der Waals surface area contributed by atoms with E-state index in [4.69, 9.17) is 0 Å². The van der Waals surface area contributed by atoms with Crippen molar-refractivity contribution in [2.45, 2.75) is 45.1 Å². The fourth-order valence-corrected chi connectivity index (χ4v) is 2.85. The quantitative estimate of drug-likeness (QED) is 0.628. The van der Waals surface area contributed by atoms with Gasteiger partial charge in [-0.15, -0.1) is 0 Å². The first kappa shape index (κ1) is 11.9. The number of isocyanates is 1. The van der Waals surface area contributed by atoms with E-state index in [1.165, 1.54) is 0 Å². The van der Waals surface area contributed by atoms with Crippen molar-refractivity contribution in [3.8, 4) is 5.75 Å². The number of nitrogens with zero attached hydrogens (tertiary/aromatic N) is 1. The summed E-state index contributed by atoms with van der Waals surface area (Å²) in [5.74, 6) is 0.283. The van der Waals surface area contributed by atoms with E-state index < -0.39 is 5.54 Å². The van der Waals surface area contributed by atoms with Crippen LogP contribution in [0.1, 0.15) is 42.4 Å². The minimum Gasteiger partial charge on any atom is -0.507 e. The molecule has 17 heavy (non-hydrogen) atoms. The van der Waals surface area contributed by atoms with Gasteiger partial charge in [-0.05, 0) is 37.8 Å². The zero-order chi connectivity index (χ0) is 12.5. The number of phenolic OH excluding ortho intramolecular Hbond substituents is 1. The summed E-state index contributed by atoms with van der Waals surface area (Å²) in [6.07, 6.45) is 5.41. The molecule has 1 aliphatic carbocycles. The van der Waals surface area contributed by atoms with Crippen LogP contribution in [0.25, 0.3) is 0 Å². The van der Waals surface area contributed by atoms with Crippen molar-refractivity contribution in [3.63, 3.8) is 0 Å². The molecule has 1 aromatic rings. The number of aryl methyl sites for hydroxylation is 2. The standard InChI is InChI=1S/C14H17NO2/c1-10-5-6-11(2)13(17)12(10)14(15-9-16)7-3-4-8-14/h5-6,17H,3-4,7-8H2,1-2H3. The molecule has 0 radical (unpaired) electrons. The Morgan fingerprint density at radius 2 is 1.82 bits per heavy atom. The highest BCUT2D eigenvalue weighted by atomic mass is 16.3. The Hall–Kier alpha value is -1.60. The molecular weight excluding hydrogens is 214 g/mol. The molecule has 0 unspecified atom stereocenters. The molecule has 1 N–H and O–H groups in total. The number of rotatable bonds is 2. The van der Waals surface area contributed by atoms with Gasteiger partial charge in [0.25, 0.3) is 0 Å². The lowest BCUT2D eigenvalue weighted by molar-refractivity contribution is 0.404. The minimum absolute atomic E-state index is 0.283. The Morgan fingerprint density at radius 3 is 2.41 bits per heavy atom. The Kier molecular flexibility index (Phi) is 3.03. The van der Waals surface area contributed by atoms with Crippen LogP contribution in [-0.4, -0.2) is 11.2 Å². The molecule has 0 heterocycles. The van der Waals surface area contributed by atoms with Crippen LogP contribution < -0.4 is 0 Å². The van der Waals surface area contributed by atoms with Crippen LogP contribution in [0, 0.1) is 13.8 Å². The van der Waals surface area contributed by atoms with Crippen molar-refractivity contribution in [1.29, 1.82) is 0 Å². The highest BCUT2D eigenvalue weighted by Crippen LogP contribution is 2.47. The van der Waals surface area contributed by atoms with E-state index in [0.717, 1.165) is 42.4 Å². The molecule has 0 aliphatic heterocycles. The molecule has 1 aliphatic rings. The first-order valence-corrected chi connectivity index (χ1v) is 5.99. The number of hydrogen-bond acceptors (Lipinski definition) is 3. The van der Waals surface area contributed by atoms with Gasteiger partial charge in [0, 0.05) is 5.56 Å². The highest BCUT2D eigenvalue weighted by molar-refractivity contribution is 5.51. The van der Waals surface area contributed by atoms with Gasteiger partial charge in [-0.1, -0.05) is 25.0 Å². The molecule has 0 spiro atoms. The number of benzene rings is 1. The van der Waals surface area contributed by atoms with Gasteiger partial charge < -0.3 is 5.11 Å². The fourth-order valence-electron chi connectivity index (χ4n) is 2.85. The van der Waals surface area contributed by atoms with Crippen LogP contribution in [-0.2, 0) is 10.3 Å². The Bertz CT molecular complexity index is 481. The molecular formula is C14H17NO2. The molecule has 1 fully saturated rings. The van der Waals surface area contributed by atoms with E-state index in [-0.39, 0.29) is 5.75 Å². The molecule has 1 aromatic carbocycles. The maximum Gasteiger partial charge on any atom is 0.235 e. The predicted octanol–water partition coefficient (Wildman–Crippen LogP) is 3.11. The average Bonchev–Trinajstić information content (AvgIpc) is 2.74. The Labute approximate surface area is 101 Å². The second-order valence-corrected chi connectivity index (χ2v) is 4.86. The van der Waals surface area contributed by atoms with Crippen LogP contribution in [0.4, 0.5) is 0 Å². The molecule has 3 nitrogen and oxygen atoms in total. The SMILES string of the molecule is Cc1ccc(C)c(C2(N=C=O)CCCC2)c1O. The minimum atomic E-state index is -0.540. The van der Waals surface area contributed by atoms with Crippen LogP contribution in [0.5, 0.6) is 5.75 Å². The number of aliphatic imine (C=N–C) groups is 1. The number of carbonyl (C=O) groups excluding carboxylic acids is 1. The second kappa shape index (κ2) is 4.34. The summed E-state index contributed by atoms with van der Waals surface area (Å²) in [6, 6.07) is 3.87. The summed E-state index contributed by atoms with van der Waals surface area (Å²) in [4.78, 5) is 14.7. The Morgan fingerprint density at radius 1 is 1.24 bits per heavy atom. The summed E-state index contributed by atoms with van der Waals surface area (Å²) in [6.45, 7) is 3.82. The van der Waals surface area contributed by atoms with Crippen molar-refractivity contribution in [1.82, 2.24) is 0 Å². The molecule has 2 rings (SSSR count). The first-order valence-electron chi connectivity index (χ1n) is 5.99. The third-order valence-corrected chi connectivity index (χ3v) is 3.74. The lowest BCUT2D eigenvalue weighted by Gasteiger charge is -2.26. The zero-order valence-corrected chi connectivity index (χ0v) is 10.3. The largest absolute Gasteiger partial charge is 0.507 e.